The second-order valence-corrected chi connectivity index (χ2v) is 8.73. The molecule has 0 atom stereocenters. The number of rotatable bonds is 7. The number of benzene rings is 1. The third-order valence-corrected chi connectivity index (χ3v) is 6.50. The minimum Gasteiger partial charge on any atom is -0.376 e. The molecule has 0 bridgehead atoms. The normalized spacial score (nSPS) is 22.1. The molecule has 1 aliphatic heterocycles. The van der Waals surface area contributed by atoms with Gasteiger partial charge in [-0.05, 0) is 67.9 Å². The topological polar surface area (TPSA) is 29.5 Å². The molecule has 2 saturated carbocycles. The number of hydrogen-bond acceptors (Lipinski definition) is 2. The molecule has 1 heterocycles. The van der Waals surface area contributed by atoms with Crippen LogP contribution in [0.1, 0.15) is 62.5 Å². The van der Waals surface area contributed by atoms with Gasteiger partial charge < -0.3 is 9.64 Å². The van der Waals surface area contributed by atoms with Crippen molar-refractivity contribution < 1.29 is 9.53 Å². The van der Waals surface area contributed by atoms with E-state index in [0.29, 0.717) is 11.8 Å². The van der Waals surface area contributed by atoms with Crippen molar-refractivity contribution in [1.29, 1.82) is 0 Å². The Morgan fingerprint density at radius 3 is 2.19 bits per heavy atom. The number of carbonyl (C=O) groups excluding carboxylic acids is 1. The van der Waals surface area contributed by atoms with E-state index >= 15 is 0 Å². The summed E-state index contributed by atoms with van der Waals surface area (Å²) in [6.45, 7) is 3.61. The minimum atomic E-state index is 0.334. The van der Waals surface area contributed by atoms with Crippen molar-refractivity contribution in [2.45, 2.75) is 64.4 Å². The zero-order chi connectivity index (χ0) is 17.8. The SMILES string of the molecule is O=C(C1CCCC1)N1CCC(Cc2ccc(COCC3CC3)cc2)CC1. The summed E-state index contributed by atoms with van der Waals surface area (Å²) < 4.78 is 5.77. The molecule has 3 nitrogen and oxygen atoms in total. The molecule has 0 unspecified atom stereocenters. The zero-order valence-electron chi connectivity index (χ0n) is 16.0. The molecule has 142 valence electrons. The van der Waals surface area contributed by atoms with E-state index in [1.165, 1.54) is 36.8 Å². The Morgan fingerprint density at radius 2 is 1.54 bits per heavy atom. The Hall–Kier alpha value is -1.35. The maximum atomic E-state index is 12.5. The van der Waals surface area contributed by atoms with Crippen molar-refractivity contribution in [2.75, 3.05) is 19.7 Å². The van der Waals surface area contributed by atoms with Crippen LogP contribution < -0.4 is 0 Å². The van der Waals surface area contributed by atoms with Gasteiger partial charge in [-0.15, -0.1) is 0 Å². The first-order chi connectivity index (χ1) is 12.8. The molecule has 1 saturated heterocycles. The average Bonchev–Trinajstić information content (AvgIpc) is 3.33. The van der Waals surface area contributed by atoms with Crippen LogP contribution in [-0.2, 0) is 22.6 Å². The first-order valence-electron chi connectivity index (χ1n) is 10.7. The Morgan fingerprint density at radius 1 is 0.885 bits per heavy atom. The molecule has 0 N–H and O–H groups in total. The number of amides is 1. The maximum absolute atomic E-state index is 12.5. The van der Waals surface area contributed by atoms with Crippen LogP contribution in [0.15, 0.2) is 24.3 Å². The fourth-order valence-electron chi connectivity index (χ4n) is 4.52. The fraction of sp³-hybridized carbons (Fsp3) is 0.696. The van der Waals surface area contributed by atoms with Gasteiger partial charge in [-0.1, -0.05) is 37.1 Å². The van der Waals surface area contributed by atoms with Crippen LogP contribution in [0, 0.1) is 17.8 Å². The lowest BCUT2D eigenvalue weighted by atomic mass is 9.89. The van der Waals surface area contributed by atoms with Crippen LogP contribution in [0.2, 0.25) is 0 Å². The molecule has 3 aliphatic rings. The highest BCUT2D eigenvalue weighted by atomic mass is 16.5. The van der Waals surface area contributed by atoms with E-state index in [2.05, 4.69) is 29.2 Å². The predicted molar refractivity (Wildman–Crippen MR) is 104 cm³/mol. The number of hydrogen-bond donors (Lipinski definition) is 0. The highest BCUT2D eigenvalue weighted by molar-refractivity contribution is 5.79. The summed E-state index contributed by atoms with van der Waals surface area (Å²) in [5.74, 6) is 2.33. The smallest absolute Gasteiger partial charge is 0.225 e. The average molecular weight is 356 g/mol. The molecule has 0 aromatic heterocycles. The summed E-state index contributed by atoms with van der Waals surface area (Å²) in [5.41, 5.74) is 2.71. The van der Waals surface area contributed by atoms with Gasteiger partial charge in [-0.3, -0.25) is 4.79 Å². The Kier molecular flexibility index (Phi) is 5.94. The van der Waals surface area contributed by atoms with Gasteiger partial charge in [0.25, 0.3) is 0 Å². The van der Waals surface area contributed by atoms with Gasteiger partial charge in [0.2, 0.25) is 5.91 Å². The molecule has 0 spiro atoms. The first kappa shape index (κ1) is 18.0. The highest BCUT2D eigenvalue weighted by Gasteiger charge is 2.30. The van der Waals surface area contributed by atoms with Crippen molar-refractivity contribution in [3.05, 3.63) is 35.4 Å². The summed E-state index contributed by atoms with van der Waals surface area (Å²) >= 11 is 0. The second-order valence-electron chi connectivity index (χ2n) is 8.73. The van der Waals surface area contributed by atoms with Crippen molar-refractivity contribution >= 4 is 5.91 Å². The highest BCUT2D eigenvalue weighted by Crippen LogP contribution is 2.30. The van der Waals surface area contributed by atoms with Crippen molar-refractivity contribution in [3.63, 3.8) is 0 Å². The van der Waals surface area contributed by atoms with Gasteiger partial charge in [0.15, 0.2) is 0 Å². The lowest BCUT2D eigenvalue weighted by molar-refractivity contribution is -0.136. The Labute approximate surface area is 158 Å². The fourth-order valence-corrected chi connectivity index (χ4v) is 4.52. The first-order valence-corrected chi connectivity index (χ1v) is 10.7. The second kappa shape index (κ2) is 8.56. The van der Waals surface area contributed by atoms with Gasteiger partial charge in [-0.2, -0.15) is 0 Å². The third kappa shape index (κ3) is 4.88. The van der Waals surface area contributed by atoms with Gasteiger partial charge in [0.1, 0.15) is 0 Å². The molecule has 26 heavy (non-hydrogen) atoms. The van der Waals surface area contributed by atoms with Crippen LogP contribution in [0.25, 0.3) is 0 Å². The number of ether oxygens (including phenoxy) is 1. The number of piperidine rings is 1. The quantitative estimate of drug-likeness (QED) is 0.716. The van der Waals surface area contributed by atoms with Crippen molar-refractivity contribution in [1.82, 2.24) is 4.90 Å². The van der Waals surface area contributed by atoms with E-state index in [9.17, 15) is 4.79 Å². The zero-order valence-corrected chi connectivity index (χ0v) is 16.0. The lowest BCUT2D eigenvalue weighted by Crippen LogP contribution is -2.41. The molecule has 2 aliphatic carbocycles. The van der Waals surface area contributed by atoms with Crippen LogP contribution >= 0.6 is 0 Å². The molecule has 3 heteroatoms. The number of nitrogens with zero attached hydrogens (tertiary/aromatic N) is 1. The van der Waals surface area contributed by atoms with Crippen LogP contribution in [0.3, 0.4) is 0 Å². The van der Waals surface area contributed by atoms with E-state index in [0.717, 1.165) is 70.2 Å². The van der Waals surface area contributed by atoms with Crippen LogP contribution in [0.4, 0.5) is 0 Å². The molecule has 1 aromatic rings. The monoisotopic (exact) mass is 355 g/mol. The summed E-state index contributed by atoms with van der Waals surface area (Å²) in [4.78, 5) is 14.7. The molecule has 4 rings (SSSR count). The molecular weight excluding hydrogens is 322 g/mol. The van der Waals surface area contributed by atoms with Gasteiger partial charge >= 0.3 is 0 Å². The largest absolute Gasteiger partial charge is 0.376 e. The molecule has 0 radical (unpaired) electrons. The standard InChI is InChI=1S/C23H33NO2/c25-23(22-3-1-2-4-22)24-13-11-19(12-14-24)15-18-5-7-20(8-6-18)16-26-17-21-9-10-21/h5-8,19,21-22H,1-4,9-17H2. The third-order valence-electron chi connectivity index (χ3n) is 6.50. The van der Waals surface area contributed by atoms with Crippen molar-refractivity contribution in [2.24, 2.45) is 17.8 Å². The molecular formula is C23H33NO2. The summed E-state index contributed by atoms with van der Waals surface area (Å²) in [6, 6.07) is 8.99. The summed E-state index contributed by atoms with van der Waals surface area (Å²) in [5, 5.41) is 0. The number of likely N-dealkylation sites (tertiary alicyclic amines) is 1. The van der Waals surface area contributed by atoms with E-state index in [1.807, 2.05) is 0 Å². The summed E-state index contributed by atoms with van der Waals surface area (Å²) in [7, 11) is 0. The van der Waals surface area contributed by atoms with E-state index in [1.54, 1.807) is 0 Å². The molecule has 1 amide bonds. The molecule has 3 fully saturated rings. The van der Waals surface area contributed by atoms with Crippen LogP contribution in [0.5, 0.6) is 0 Å². The number of carbonyl (C=O) groups is 1. The van der Waals surface area contributed by atoms with Gasteiger partial charge in [-0.25, -0.2) is 0 Å². The maximum Gasteiger partial charge on any atom is 0.225 e. The van der Waals surface area contributed by atoms with Crippen LogP contribution in [-0.4, -0.2) is 30.5 Å². The van der Waals surface area contributed by atoms with Gasteiger partial charge in [0.05, 0.1) is 6.61 Å². The van der Waals surface area contributed by atoms with Crippen molar-refractivity contribution in [3.8, 4) is 0 Å². The van der Waals surface area contributed by atoms with E-state index in [4.69, 9.17) is 4.74 Å². The Balaban J connectivity index is 1.19. The van der Waals surface area contributed by atoms with E-state index in [-0.39, 0.29) is 0 Å². The minimum absolute atomic E-state index is 0.334. The lowest BCUT2D eigenvalue weighted by Gasteiger charge is -2.33. The summed E-state index contributed by atoms with van der Waals surface area (Å²) in [6.07, 6.45) is 10.9. The Bertz CT molecular complexity index is 579. The van der Waals surface area contributed by atoms with Gasteiger partial charge in [0, 0.05) is 25.6 Å². The van der Waals surface area contributed by atoms with E-state index < -0.39 is 0 Å². The molecule has 1 aromatic carbocycles. The predicted octanol–water partition coefficient (Wildman–Crippen LogP) is 4.58.